The number of hydrogen-bond acceptors (Lipinski definition) is 2. The third kappa shape index (κ3) is 5.46. The minimum atomic E-state index is 1.11. The van der Waals surface area contributed by atoms with Gasteiger partial charge in [-0.15, -0.1) is 11.3 Å². The van der Waals surface area contributed by atoms with E-state index in [1.807, 2.05) is 11.3 Å². The van der Waals surface area contributed by atoms with Gasteiger partial charge < -0.3 is 4.90 Å². The Labute approximate surface area is 330 Å². The molecule has 1 nitrogen and oxygen atoms in total. The van der Waals surface area contributed by atoms with Crippen LogP contribution in [0.4, 0.5) is 17.1 Å². The normalized spacial score (nSPS) is 11.6. The number of nitrogens with zero attached hydrogens (tertiary/aromatic N) is 1. The fraction of sp³-hybridized carbons (Fsp3) is 0. The van der Waals surface area contributed by atoms with Gasteiger partial charge in [0.25, 0.3) is 0 Å². The number of rotatable bonds is 6. The van der Waals surface area contributed by atoms with Crippen LogP contribution in [0.1, 0.15) is 0 Å². The molecule has 2 heteroatoms. The van der Waals surface area contributed by atoms with Crippen LogP contribution in [-0.2, 0) is 0 Å². The van der Waals surface area contributed by atoms with E-state index in [1.165, 1.54) is 85.9 Å². The number of thiophene rings is 1. The summed E-state index contributed by atoms with van der Waals surface area (Å²) in [5.41, 5.74) is 10.7. The standard InChI is InChI=1S/C54H35NS/c1-2-12-36(13-3-1)46-32-33-51(49-20-9-8-19-48(46)49)55(42-28-24-38(25-29-42)45-21-10-17-37-14-6-7-18-44(37)45)43-30-26-39(27-31-43)47-22-11-23-52-54(47)50-34-40-15-4-5-16-41(40)35-53(50)56-52/h1-35H. The smallest absolute Gasteiger partial charge is 0.0540 e. The van der Waals surface area contributed by atoms with Crippen LogP contribution >= 0.6 is 11.3 Å². The van der Waals surface area contributed by atoms with Gasteiger partial charge in [-0.1, -0.05) is 164 Å². The van der Waals surface area contributed by atoms with Crippen LogP contribution in [-0.4, -0.2) is 0 Å². The van der Waals surface area contributed by atoms with E-state index in [2.05, 4.69) is 217 Å². The highest BCUT2D eigenvalue weighted by Crippen LogP contribution is 2.45. The summed E-state index contributed by atoms with van der Waals surface area (Å²) in [6.45, 7) is 0. The van der Waals surface area contributed by atoms with Crippen LogP contribution in [0.3, 0.4) is 0 Å². The summed E-state index contributed by atoms with van der Waals surface area (Å²) in [4.78, 5) is 2.42. The zero-order valence-corrected chi connectivity index (χ0v) is 31.4. The molecule has 0 aliphatic carbocycles. The van der Waals surface area contributed by atoms with E-state index in [4.69, 9.17) is 0 Å². The molecule has 262 valence electrons. The Kier molecular flexibility index (Phi) is 7.75. The van der Waals surface area contributed by atoms with Crippen molar-refractivity contribution in [3.8, 4) is 33.4 Å². The highest BCUT2D eigenvalue weighted by molar-refractivity contribution is 7.26. The van der Waals surface area contributed by atoms with Crippen molar-refractivity contribution >= 4 is 80.9 Å². The Morgan fingerprint density at radius 2 is 0.839 bits per heavy atom. The van der Waals surface area contributed by atoms with Crippen LogP contribution in [0.2, 0.25) is 0 Å². The number of hydrogen-bond donors (Lipinski definition) is 0. The predicted molar refractivity (Wildman–Crippen MR) is 243 cm³/mol. The van der Waals surface area contributed by atoms with E-state index in [0.717, 1.165) is 17.1 Å². The van der Waals surface area contributed by atoms with E-state index in [9.17, 15) is 0 Å². The van der Waals surface area contributed by atoms with Crippen LogP contribution in [0.25, 0.3) is 85.9 Å². The number of anilines is 3. The molecule has 0 aliphatic rings. The van der Waals surface area contributed by atoms with Gasteiger partial charge in [0, 0.05) is 36.9 Å². The summed E-state index contributed by atoms with van der Waals surface area (Å²) < 4.78 is 2.64. The minimum absolute atomic E-state index is 1.11. The van der Waals surface area contributed by atoms with Gasteiger partial charge in [0.05, 0.1) is 5.69 Å². The molecule has 0 N–H and O–H groups in total. The predicted octanol–water partition coefficient (Wildman–Crippen LogP) is 16.0. The second-order valence-electron chi connectivity index (χ2n) is 14.5. The van der Waals surface area contributed by atoms with Crippen molar-refractivity contribution in [3.63, 3.8) is 0 Å². The number of benzene rings is 10. The highest BCUT2D eigenvalue weighted by atomic mass is 32.1. The second kappa shape index (κ2) is 13.4. The molecule has 56 heavy (non-hydrogen) atoms. The van der Waals surface area contributed by atoms with E-state index in [0.29, 0.717) is 0 Å². The molecular weight excluding hydrogens is 695 g/mol. The largest absolute Gasteiger partial charge is 0.310 e. The number of fused-ring (bicyclic) bond motifs is 6. The van der Waals surface area contributed by atoms with Crippen molar-refractivity contribution in [1.82, 2.24) is 0 Å². The van der Waals surface area contributed by atoms with Gasteiger partial charge in [0.1, 0.15) is 0 Å². The SMILES string of the molecule is c1ccc(-c2ccc(N(c3ccc(-c4cccc5ccccc45)cc3)c3ccc(-c4cccc5sc6cc7ccccc7cc6c45)cc3)c3ccccc23)cc1. The maximum atomic E-state index is 2.42. The first-order valence-corrected chi connectivity index (χ1v) is 20.0. The monoisotopic (exact) mass is 729 g/mol. The molecule has 0 unspecified atom stereocenters. The summed E-state index contributed by atoms with van der Waals surface area (Å²) >= 11 is 1.88. The van der Waals surface area contributed by atoms with Crippen molar-refractivity contribution in [2.75, 3.05) is 4.90 Å². The topological polar surface area (TPSA) is 3.24 Å². The van der Waals surface area contributed by atoms with E-state index >= 15 is 0 Å². The molecule has 0 atom stereocenters. The van der Waals surface area contributed by atoms with Crippen LogP contribution in [0, 0.1) is 0 Å². The molecule has 10 aromatic carbocycles. The van der Waals surface area contributed by atoms with Crippen LogP contribution in [0.15, 0.2) is 212 Å². The summed E-state index contributed by atoms with van der Waals surface area (Å²) in [6, 6.07) is 77.7. The molecule has 1 heterocycles. The lowest BCUT2D eigenvalue weighted by Crippen LogP contribution is -2.10. The first-order valence-electron chi connectivity index (χ1n) is 19.2. The van der Waals surface area contributed by atoms with Gasteiger partial charge in [0.2, 0.25) is 0 Å². The maximum Gasteiger partial charge on any atom is 0.0540 e. The zero-order valence-electron chi connectivity index (χ0n) is 30.6. The quantitative estimate of drug-likeness (QED) is 0.165. The minimum Gasteiger partial charge on any atom is -0.310 e. The average Bonchev–Trinajstić information content (AvgIpc) is 3.64. The molecule has 11 rings (SSSR count). The van der Waals surface area contributed by atoms with Crippen molar-refractivity contribution in [1.29, 1.82) is 0 Å². The molecule has 0 amide bonds. The molecule has 0 fully saturated rings. The van der Waals surface area contributed by atoms with Crippen molar-refractivity contribution < 1.29 is 0 Å². The Morgan fingerprint density at radius 3 is 1.59 bits per heavy atom. The fourth-order valence-corrected chi connectivity index (χ4v) is 9.75. The molecular formula is C54H35NS. The summed E-state index contributed by atoms with van der Waals surface area (Å²) in [7, 11) is 0. The Morgan fingerprint density at radius 1 is 0.304 bits per heavy atom. The Bertz CT molecular complexity index is 3230. The van der Waals surface area contributed by atoms with E-state index in [-0.39, 0.29) is 0 Å². The van der Waals surface area contributed by atoms with Crippen LogP contribution in [0.5, 0.6) is 0 Å². The van der Waals surface area contributed by atoms with Crippen molar-refractivity contribution in [2.24, 2.45) is 0 Å². The van der Waals surface area contributed by atoms with Gasteiger partial charge in [-0.05, 0) is 109 Å². The molecule has 1 aromatic heterocycles. The lowest BCUT2D eigenvalue weighted by molar-refractivity contribution is 1.30. The average molecular weight is 730 g/mol. The molecule has 11 aromatic rings. The van der Waals surface area contributed by atoms with Gasteiger partial charge in [-0.2, -0.15) is 0 Å². The van der Waals surface area contributed by atoms with Crippen LogP contribution < -0.4 is 4.90 Å². The van der Waals surface area contributed by atoms with Gasteiger partial charge in [0.15, 0.2) is 0 Å². The van der Waals surface area contributed by atoms with E-state index in [1.54, 1.807) is 0 Å². The van der Waals surface area contributed by atoms with Gasteiger partial charge in [-0.25, -0.2) is 0 Å². The lowest BCUT2D eigenvalue weighted by Gasteiger charge is -2.28. The third-order valence-corrected chi connectivity index (χ3v) is 12.4. The van der Waals surface area contributed by atoms with Crippen molar-refractivity contribution in [2.45, 2.75) is 0 Å². The van der Waals surface area contributed by atoms with Crippen molar-refractivity contribution in [3.05, 3.63) is 212 Å². The molecule has 0 aliphatic heterocycles. The summed E-state index contributed by atoms with van der Waals surface area (Å²) in [5.74, 6) is 0. The molecule has 0 spiro atoms. The molecule has 0 bridgehead atoms. The Balaban J connectivity index is 1.06. The second-order valence-corrected chi connectivity index (χ2v) is 15.6. The van der Waals surface area contributed by atoms with Gasteiger partial charge in [-0.3, -0.25) is 0 Å². The maximum absolute atomic E-state index is 2.42. The highest BCUT2D eigenvalue weighted by Gasteiger charge is 2.19. The molecule has 0 saturated carbocycles. The van der Waals surface area contributed by atoms with E-state index < -0.39 is 0 Å². The Hall–Kier alpha value is -7.00. The fourth-order valence-electron chi connectivity index (χ4n) is 8.58. The summed E-state index contributed by atoms with van der Waals surface area (Å²) in [6.07, 6.45) is 0. The molecule has 0 radical (unpaired) electrons. The lowest BCUT2D eigenvalue weighted by atomic mass is 9.95. The third-order valence-electron chi connectivity index (χ3n) is 11.3. The zero-order chi connectivity index (χ0) is 37.0. The van der Waals surface area contributed by atoms with Gasteiger partial charge >= 0.3 is 0 Å². The summed E-state index contributed by atoms with van der Waals surface area (Å²) in [5, 5.41) is 10.2. The first-order chi connectivity index (χ1) is 27.8. The molecule has 0 saturated heterocycles. The first kappa shape index (κ1) is 32.4.